The van der Waals surface area contributed by atoms with E-state index in [1.54, 1.807) is 38.1 Å². The first kappa shape index (κ1) is 29.9. The molecular formula is C29H36O8. The topological polar surface area (TPSA) is 134 Å². The number of hydrogen-bond acceptors (Lipinski definition) is 8. The lowest BCUT2D eigenvalue weighted by Crippen LogP contribution is -2.37. The first-order chi connectivity index (χ1) is 17.5. The van der Waals surface area contributed by atoms with Crippen LogP contribution in [0.1, 0.15) is 38.8 Å². The monoisotopic (exact) mass is 512 g/mol. The molecule has 0 radical (unpaired) electrons. The van der Waals surface area contributed by atoms with Crippen molar-refractivity contribution in [2.75, 3.05) is 13.2 Å². The van der Waals surface area contributed by atoms with E-state index in [1.165, 1.54) is 24.3 Å². The van der Waals surface area contributed by atoms with Gasteiger partial charge in [0, 0.05) is 5.41 Å². The first-order valence-corrected chi connectivity index (χ1v) is 12.0. The van der Waals surface area contributed by atoms with E-state index < -0.39 is 36.0 Å². The highest BCUT2D eigenvalue weighted by Gasteiger charge is 2.25. The minimum absolute atomic E-state index is 0.232. The van der Waals surface area contributed by atoms with Gasteiger partial charge in [-0.15, -0.1) is 0 Å². The molecule has 0 aliphatic heterocycles. The van der Waals surface area contributed by atoms with Gasteiger partial charge in [0.25, 0.3) is 0 Å². The quantitative estimate of drug-likeness (QED) is 0.284. The van der Waals surface area contributed by atoms with Crippen LogP contribution in [0.2, 0.25) is 0 Å². The highest BCUT2D eigenvalue weighted by Crippen LogP contribution is 2.33. The smallest absolute Gasteiger partial charge is 0.186 e. The highest BCUT2D eigenvalue weighted by atomic mass is 16.5. The summed E-state index contributed by atoms with van der Waals surface area (Å²) >= 11 is 0. The van der Waals surface area contributed by atoms with E-state index in [2.05, 4.69) is 13.8 Å². The van der Waals surface area contributed by atoms with Crippen LogP contribution in [0.15, 0.2) is 72.8 Å². The zero-order chi connectivity index (χ0) is 27.6. The lowest BCUT2D eigenvalue weighted by atomic mass is 9.78. The average molecular weight is 513 g/mol. The van der Waals surface area contributed by atoms with Crippen LogP contribution in [0.25, 0.3) is 0 Å². The molecule has 0 heterocycles. The molecule has 8 heteroatoms. The van der Waals surface area contributed by atoms with Gasteiger partial charge in [0.1, 0.15) is 49.1 Å². The fourth-order valence-corrected chi connectivity index (χ4v) is 3.55. The van der Waals surface area contributed by atoms with Crippen LogP contribution in [0.3, 0.4) is 0 Å². The molecule has 2 aromatic carbocycles. The van der Waals surface area contributed by atoms with Gasteiger partial charge in [0.15, 0.2) is 11.6 Å². The Kier molecular flexibility index (Phi) is 11.2. The van der Waals surface area contributed by atoms with Gasteiger partial charge in [-0.1, -0.05) is 50.3 Å². The molecular weight excluding hydrogens is 476 g/mol. The van der Waals surface area contributed by atoms with Gasteiger partial charge in [-0.05, 0) is 61.4 Å². The molecule has 0 spiro atoms. The molecule has 0 aliphatic carbocycles. The van der Waals surface area contributed by atoms with E-state index in [9.17, 15) is 30.0 Å². The maximum Gasteiger partial charge on any atom is 0.186 e. The molecule has 0 amide bonds. The number of allylic oxidation sites excluding steroid dienone is 2. The number of aliphatic hydroxyl groups excluding tert-OH is 4. The average Bonchev–Trinajstić information content (AvgIpc) is 2.90. The Bertz CT molecular complexity index is 985. The van der Waals surface area contributed by atoms with Gasteiger partial charge >= 0.3 is 0 Å². The second-order valence-electron chi connectivity index (χ2n) is 9.12. The molecule has 0 fully saturated rings. The molecule has 4 unspecified atom stereocenters. The molecule has 0 aliphatic rings. The molecule has 37 heavy (non-hydrogen) atoms. The van der Waals surface area contributed by atoms with Crippen LogP contribution >= 0.6 is 0 Å². The minimum Gasteiger partial charge on any atom is -0.491 e. The Morgan fingerprint density at radius 2 is 1.03 bits per heavy atom. The van der Waals surface area contributed by atoms with Crippen molar-refractivity contribution in [2.24, 2.45) is 0 Å². The van der Waals surface area contributed by atoms with Gasteiger partial charge in [-0.3, -0.25) is 9.59 Å². The van der Waals surface area contributed by atoms with Crippen molar-refractivity contribution in [2.45, 2.75) is 57.5 Å². The summed E-state index contributed by atoms with van der Waals surface area (Å²) in [5.41, 5.74) is 1.62. The summed E-state index contributed by atoms with van der Waals surface area (Å²) in [6.45, 7) is 6.94. The van der Waals surface area contributed by atoms with Crippen LogP contribution < -0.4 is 9.47 Å². The molecule has 4 atom stereocenters. The zero-order valence-electron chi connectivity index (χ0n) is 21.6. The van der Waals surface area contributed by atoms with Crippen LogP contribution in [-0.2, 0) is 15.0 Å². The van der Waals surface area contributed by atoms with Gasteiger partial charge in [0.2, 0.25) is 0 Å². The molecule has 0 aromatic heterocycles. The highest BCUT2D eigenvalue weighted by molar-refractivity contribution is 5.94. The normalized spacial score (nSPS) is 15.4. The second kappa shape index (κ2) is 13.9. The molecule has 2 aromatic rings. The van der Waals surface area contributed by atoms with Crippen molar-refractivity contribution < 1.29 is 39.5 Å². The van der Waals surface area contributed by atoms with Crippen molar-refractivity contribution in [3.8, 4) is 11.5 Å². The van der Waals surface area contributed by atoms with Crippen LogP contribution in [0.4, 0.5) is 0 Å². The fourth-order valence-electron chi connectivity index (χ4n) is 3.55. The van der Waals surface area contributed by atoms with E-state index in [-0.39, 0.29) is 18.6 Å². The Morgan fingerprint density at radius 3 is 1.32 bits per heavy atom. The van der Waals surface area contributed by atoms with Crippen LogP contribution in [0, 0.1) is 0 Å². The molecule has 0 bridgehead atoms. The fraction of sp³-hybridized carbons (Fsp3) is 0.379. The third-order valence-electron chi connectivity index (χ3n) is 5.97. The predicted octanol–water partition coefficient (Wildman–Crippen LogP) is 2.50. The van der Waals surface area contributed by atoms with E-state index in [1.807, 2.05) is 24.3 Å². The number of ether oxygens (including phenoxy) is 2. The molecule has 2 rings (SSSR count). The number of carbonyl (C=O) groups is 2. The molecule has 0 saturated carbocycles. The summed E-state index contributed by atoms with van der Waals surface area (Å²) in [6.07, 6.45) is -0.403. The maximum absolute atomic E-state index is 11.7. The molecule has 4 N–H and O–H groups in total. The summed E-state index contributed by atoms with van der Waals surface area (Å²) in [6, 6.07) is 14.6. The van der Waals surface area contributed by atoms with Gasteiger partial charge in [-0.25, -0.2) is 0 Å². The third-order valence-corrected chi connectivity index (χ3v) is 5.97. The number of ketones is 2. The summed E-state index contributed by atoms with van der Waals surface area (Å²) in [4.78, 5) is 23.3. The molecule has 0 saturated heterocycles. The number of rotatable bonds is 14. The van der Waals surface area contributed by atoms with Crippen molar-refractivity contribution in [3.05, 3.63) is 84.0 Å². The predicted molar refractivity (Wildman–Crippen MR) is 140 cm³/mol. The van der Waals surface area contributed by atoms with E-state index in [0.29, 0.717) is 11.5 Å². The van der Waals surface area contributed by atoms with Gasteiger partial charge in [0.05, 0.1) is 0 Å². The Balaban J connectivity index is 1.97. The molecule has 200 valence electrons. The Labute approximate surface area is 217 Å². The maximum atomic E-state index is 11.7. The summed E-state index contributed by atoms with van der Waals surface area (Å²) in [7, 11) is 0. The number of aliphatic hydroxyl groups is 4. The first-order valence-electron chi connectivity index (χ1n) is 12.0. The number of hydrogen-bond donors (Lipinski definition) is 4. The Morgan fingerprint density at radius 1 is 0.703 bits per heavy atom. The lowest BCUT2D eigenvalue weighted by molar-refractivity contribution is -0.129. The Hall–Kier alpha value is -3.30. The third kappa shape index (κ3) is 8.36. The lowest BCUT2D eigenvalue weighted by Gasteiger charge is -2.27. The van der Waals surface area contributed by atoms with Crippen LogP contribution in [0.5, 0.6) is 11.5 Å². The van der Waals surface area contributed by atoms with Crippen molar-refractivity contribution in [1.29, 1.82) is 0 Å². The van der Waals surface area contributed by atoms with E-state index in [0.717, 1.165) is 11.1 Å². The number of carbonyl (C=O) groups excluding carboxylic acids is 2. The largest absolute Gasteiger partial charge is 0.491 e. The van der Waals surface area contributed by atoms with Gasteiger partial charge < -0.3 is 29.9 Å². The van der Waals surface area contributed by atoms with Crippen molar-refractivity contribution >= 4 is 11.6 Å². The zero-order valence-corrected chi connectivity index (χ0v) is 21.6. The SMILES string of the molecule is CC=CC(=O)C(O)C(O)COc1ccc(C(C)(C)c2ccc(OCC(O)C(O)C(=O)C=CC)cc2)cc1. The van der Waals surface area contributed by atoms with E-state index >= 15 is 0 Å². The number of benzene rings is 2. The minimum atomic E-state index is -1.55. The summed E-state index contributed by atoms with van der Waals surface area (Å²) in [5, 5.41) is 39.7. The summed E-state index contributed by atoms with van der Waals surface area (Å²) < 4.78 is 11.1. The van der Waals surface area contributed by atoms with Crippen molar-refractivity contribution in [3.63, 3.8) is 0 Å². The van der Waals surface area contributed by atoms with E-state index in [4.69, 9.17) is 9.47 Å². The molecule has 8 nitrogen and oxygen atoms in total. The standard InChI is InChI=1S/C29H36O8/c1-5-7-23(30)27(34)25(32)17-36-21-13-9-19(10-14-21)29(3,4)20-11-15-22(16-12-20)37-18-26(33)28(35)24(31)8-6-2/h5-16,25-28,32-35H,17-18H2,1-4H3. The van der Waals surface area contributed by atoms with Gasteiger partial charge in [-0.2, -0.15) is 0 Å². The second-order valence-corrected chi connectivity index (χ2v) is 9.12. The summed E-state index contributed by atoms with van der Waals surface area (Å²) in [5.74, 6) is -0.191. The van der Waals surface area contributed by atoms with Crippen LogP contribution in [-0.4, -0.2) is 69.6 Å². The van der Waals surface area contributed by atoms with Crippen molar-refractivity contribution in [1.82, 2.24) is 0 Å².